The largest absolute Gasteiger partial charge is 0.484 e. The summed E-state index contributed by atoms with van der Waals surface area (Å²) in [5, 5.41) is 4.42. The zero-order valence-corrected chi connectivity index (χ0v) is 16.2. The highest BCUT2D eigenvalue weighted by Crippen LogP contribution is 2.18. The van der Waals surface area contributed by atoms with E-state index < -0.39 is 0 Å². The van der Waals surface area contributed by atoms with E-state index >= 15 is 0 Å². The highest BCUT2D eigenvalue weighted by atomic mass is 79.9. The van der Waals surface area contributed by atoms with Crippen molar-refractivity contribution in [3.8, 4) is 5.75 Å². The lowest BCUT2D eigenvalue weighted by atomic mass is 10.0. The van der Waals surface area contributed by atoms with E-state index in [-0.39, 0.29) is 12.5 Å². The van der Waals surface area contributed by atoms with Gasteiger partial charge < -0.3 is 4.74 Å². The minimum absolute atomic E-state index is 0.0150. The molecule has 24 heavy (non-hydrogen) atoms. The Hall–Kier alpha value is -1.62. The van der Waals surface area contributed by atoms with Crippen LogP contribution in [-0.2, 0) is 6.42 Å². The van der Waals surface area contributed by atoms with Gasteiger partial charge in [0.1, 0.15) is 5.75 Å². The molecule has 0 fully saturated rings. The molecule has 0 saturated heterocycles. The Labute approximate surface area is 152 Å². The lowest BCUT2D eigenvalue weighted by molar-refractivity contribution is 0.0818. The second-order valence-electron chi connectivity index (χ2n) is 6.01. The van der Waals surface area contributed by atoms with Crippen LogP contribution in [-0.4, -0.2) is 22.3 Å². The summed E-state index contributed by atoms with van der Waals surface area (Å²) in [7, 11) is 0. The van der Waals surface area contributed by atoms with Crippen molar-refractivity contribution in [3.63, 3.8) is 0 Å². The Balaban J connectivity index is 1.97. The molecule has 2 rings (SSSR count). The number of hydrogen-bond donors (Lipinski definition) is 0. The molecular weight excluding hydrogens is 368 g/mol. The van der Waals surface area contributed by atoms with Crippen LogP contribution in [0.25, 0.3) is 0 Å². The van der Waals surface area contributed by atoms with Gasteiger partial charge in [-0.1, -0.05) is 42.1 Å². The van der Waals surface area contributed by atoms with Gasteiger partial charge in [0.05, 0.1) is 5.69 Å². The van der Waals surface area contributed by atoms with E-state index in [2.05, 4.69) is 28.0 Å². The first-order valence-corrected chi connectivity index (χ1v) is 9.29. The van der Waals surface area contributed by atoms with Gasteiger partial charge in [-0.15, -0.1) is 0 Å². The van der Waals surface area contributed by atoms with Gasteiger partial charge in [0.15, 0.2) is 6.61 Å². The summed E-state index contributed by atoms with van der Waals surface area (Å²) in [6, 6.07) is 7.44. The number of nitrogens with zero attached hydrogens (tertiary/aromatic N) is 2. The van der Waals surface area contributed by atoms with Gasteiger partial charge in [0.25, 0.3) is 5.91 Å². The average Bonchev–Trinajstić information content (AvgIpc) is 2.86. The summed E-state index contributed by atoms with van der Waals surface area (Å²) >= 11 is 3.38. The molecule has 5 heteroatoms. The number of ether oxygens (including phenoxy) is 1. The molecule has 1 heterocycles. The van der Waals surface area contributed by atoms with E-state index in [1.807, 2.05) is 38.1 Å². The normalized spacial score (nSPS) is 10.8. The van der Waals surface area contributed by atoms with Gasteiger partial charge >= 0.3 is 0 Å². The molecule has 0 aliphatic rings. The average molecular weight is 393 g/mol. The Kier molecular flexibility index (Phi) is 7.03. The maximum absolute atomic E-state index is 12.4. The molecule has 0 aliphatic carbocycles. The standard InChI is InChI=1S/C19H25BrN2O2/c1-4-5-6-7-8-18-14(2)21-22(15(18)3)19(23)13-24-17-11-9-16(20)10-12-17/h9-12H,4-8,13H2,1-3H3. The predicted molar refractivity (Wildman–Crippen MR) is 99.8 cm³/mol. The SMILES string of the molecule is CCCCCCc1c(C)nn(C(=O)COc2ccc(Br)cc2)c1C. The van der Waals surface area contributed by atoms with E-state index in [4.69, 9.17) is 4.74 Å². The van der Waals surface area contributed by atoms with Crippen molar-refractivity contribution in [1.82, 2.24) is 9.78 Å². The molecule has 4 nitrogen and oxygen atoms in total. The van der Waals surface area contributed by atoms with Crippen LogP contribution in [0.1, 0.15) is 54.4 Å². The summed E-state index contributed by atoms with van der Waals surface area (Å²) < 4.78 is 8.03. The summed E-state index contributed by atoms with van der Waals surface area (Å²) in [4.78, 5) is 12.4. The van der Waals surface area contributed by atoms with Gasteiger partial charge in [-0.2, -0.15) is 5.10 Å². The smallest absolute Gasteiger partial charge is 0.284 e. The van der Waals surface area contributed by atoms with Crippen molar-refractivity contribution >= 4 is 21.8 Å². The second kappa shape index (κ2) is 9.02. The topological polar surface area (TPSA) is 44.1 Å². The van der Waals surface area contributed by atoms with Crippen molar-refractivity contribution in [2.75, 3.05) is 6.61 Å². The molecule has 0 aliphatic heterocycles. The molecule has 0 amide bonds. The molecule has 130 valence electrons. The molecule has 2 aromatic rings. The molecule has 0 bridgehead atoms. The number of hydrogen-bond acceptors (Lipinski definition) is 3. The Morgan fingerprint density at radius 3 is 2.54 bits per heavy atom. The van der Waals surface area contributed by atoms with Crippen LogP contribution in [0.4, 0.5) is 0 Å². The first-order valence-electron chi connectivity index (χ1n) is 8.49. The predicted octanol–water partition coefficient (Wildman–Crippen LogP) is 5.10. The van der Waals surface area contributed by atoms with Crippen molar-refractivity contribution in [2.45, 2.75) is 52.9 Å². The molecule has 0 saturated carbocycles. The first-order chi connectivity index (χ1) is 11.5. The van der Waals surface area contributed by atoms with Gasteiger partial charge in [0.2, 0.25) is 0 Å². The number of unbranched alkanes of at least 4 members (excludes halogenated alkanes) is 3. The molecule has 1 aromatic heterocycles. The van der Waals surface area contributed by atoms with Crippen LogP contribution in [0, 0.1) is 13.8 Å². The van der Waals surface area contributed by atoms with Gasteiger partial charge in [0, 0.05) is 10.2 Å². The third-order valence-corrected chi connectivity index (χ3v) is 4.66. The van der Waals surface area contributed by atoms with E-state index in [9.17, 15) is 4.79 Å². The number of aromatic nitrogens is 2. The number of halogens is 1. The minimum atomic E-state index is -0.140. The Morgan fingerprint density at radius 2 is 1.88 bits per heavy atom. The molecule has 1 aromatic carbocycles. The third-order valence-electron chi connectivity index (χ3n) is 4.13. The van der Waals surface area contributed by atoms with Crippen molar-refractivity contribution in [3.05, 3.63) is 45.7 Å². The van der Waals surface area contributed by atoms with Crippen LogP contribution in [0.5, 0.6) is 5.75 Å². The summed E-state index contributed by atoms with van der Waals surface area (Å²) in [5.41, 5.74) is 3.08. The second-order valence-corrected chi connectivity index (χ2v) is 6.92. The van der Waals surface area contributed by atoms with Gasteiger partial charge in [-0.3, -0.25) is 4.79 Å². The van der Waals surface area contributed by atoms with Crippen LogP contribution in [0.2, 0.25) is 0 Å². The molecule has 0 spiro atoms. The van der Waals surface area contributed by atoms with Crippen LogP contribution >= 0.6 is 15.9 Å². The van der Waals surface area contributed by atoms with Gasteiger partial charge in [-0.25, -0.2) is 4.68 Å². The molecular formula is C19H25BrN2O2. The van der Waals surface area contributed by atoms with E-state index in [1.54, 1.807) is 0 Å². The zero-order valence-electron chi connectivity index (χ0n) is 14.6. The highest BCUT2D eigenvalue weighted by Gasteiger charge is 2.16. The number of benzene rings is 1. The van der Waals surface area contributed by atoms with Crippen molar-refractivity contribution in [1.29, 1.82) is 0 Å². The molecule has 0 radical (unpaired) electrons. The Bertz CT molecular complexity index is 677. The molecule has 0 unspecified atom stereocenters. The summed E-state index contributed by atoms with van der Waals surface area (Å²) in [5.74, 6) is 0.534. The Morgan fingerprint density at radius 1 is 1.17 bits per heavy atom. The fourth-order valence-corrected chi connectivity index (χ4v) is 3.01. The molecule has 0 atom stereocenters. The van der Waals surface area contributed by atoms with Crippen LogP contribution in [0.3, 0.4) is 0 Å². The number of rotatable bonds is 8. The van der Waals surface area contributed by atoms with Crippen molar-refractivity contribution in [2.24, 2.45) is 0 Å². The fourth-order valence-electron chi connectivity index (χ4n) is 2.75. The number of aryl methyl sites for hydroxylation is 1. The lowest BCUT2D eigenvalue weighted by Crippen LogP contribution is -2.21. The maximum Gasteiger partial charge on any atom is 0.284 e. The quantitative estimate of drug-likeness (QED) is 0.586. The first kappa shape index (κ1) is 18.7. The fraction of sp³-hybridized carbons (Fsp3) is 0.474. The van der Waals surface area contributed by atoms with E-state index in [1.165, 1.54) is 29.5 Å². The zero-order chi connectivity index (χ0) is 17.5. The van der Waals surface area contributed by atoms with Gasteiger partial charge in [-0.05, 0) is 56.5 Å². The van der Waals surface area contributed by atoms with E-state index in [0.29, 0.717) is 5.75 Å². The monoisotopic (exact) mass is 392 g/mol. The summed E-state index contributed by atoms with van der Waals surface area (Å²) in [6.07, 6.45) is 5.83. The maximum atomic E-state index is 12.4. The highest BCUT2D eigenvalue weighted by molar-refractivity contribution is 9.10. The van der Waals surface area contributed by atoms with Crippen LogP contribution < -0.4 is 4.74 Å². The lowest BCUT2D eigenvalue weighted by Gasteiger charge is -2.07. The van der Waals surface area contributed by atoms with Crippen molar-refractivity contribution < 1.29 is 9.53 Å². The minimum Gasteiger partial charge on any atom is -0.484 e. The third kappa shape index (κ3) is 4.94. The van der Waals surface area contributed by atoms with Crippen LogP contribution in [0.15, 0.2) is 28.7 Å². The number of carbonyl (C=O) groups is 1. The molecule has 0 N–H and O–H groups in total. The number of carbonyl (C=O) groups excluding carboxylic acids is 1. The summed E-state index contributed by atoms with van der Waals surface area (Å²) in [6.45, 7) is 6.13. The van der Waals surface area contributed by atoms with E-state index in [0.717, 1.165) is 28.7 Å².